The topological polar surface area (TPSA) is 84.9 Å². The van der Waals surface area contributed by atoms with E-state index in [1.807, 2.05) is 6.92 Å². The third-order valence-corrected chi connectivity index (χ3v) is 5.65. The Labute approximate surface area is 160 Å². The van der Waals surface area contributed by atoms with Gasteiger partial charge in [-0.15, -0.1) is 0 Å². The maximum Gasteiger partial charge on any atom is 0.243 e. The highest BCUT2D eigenvalue weighted by molar-refractivity contribution is 7.89. The van der Waals surface area contributed by atoms with Crippen LogP contribution in [0.25, 0.3) is 0 Å². The van der Waals surface area contributed by atoms with E-state index in [1.54, 1.807) is 43.5 Å². The number of benzene rings is 2. The quantitative estimate of drug-likeness (QED) is 0.658. The van der Waals surface area contributed by atoms with Gasteiger partial charge in [-0.05, 0) is 31.2 Å². The van der Waals surface area contributed by atoms with Crippen LogP contribution >= 0.6 is 0 Å². The van der Waals surface area contributed by atoms with Crippen LogP contribution < -0.4 is 14.8 Å². The standard InChI is InChI=1S/C19H24N2O5S/c1-15-7-9-18(10-8-15)27(23,24)21(2)14-19(22)20-11-12-26-17-6-4-5-16(13-17)25-3/h4-10,13H,11-12,14H2,1-3H3,(H,20,22). The Morgan fingerprint density at radius 3 is 2.44 bits per heavy atom. The van der Waals surface area contributed by atoms with Gasteiger partial charge in [0.1, 0.15) is 18.1 Å². The second kappa shape index (κ2) is 9.38. The third-order valence-electron chi connectivity index (χ3n) is 3.83. The normalized spacial score (nSPS) is 11.3. The molecule has 1 amide bonds. The molecular weight excluding hydrogens is 368 g/mol. The first-order valence-electron chi connectivity index (χ1n) is 8.39. The second-order valence-corrected chi connectivity index (χ2v) is 8.00. The molecule has 0 bridgehead atoms. The van der Waals surface area contributed by atoms with E-state index in [-0.39, 0.29) is 24.6 Å². The first-order chi connectivity index (χ1) is 12.8. The molecule has 0 atom stereocenters. The van der Waals surface area contributed by atoms with Crippen LogP contribution in [0.15, 0.2) is 53.4 Å². The maximum absolute atomic E-state index is 12.5. The van der Waals surface area contributed by atoms with Gasteiger partial charge in [0.2, 0.25) is 15.9 Å². The van der Waals surface area contributed by atoms with Gasteiger partial charge in [0, 0.05) is 13.1 Å². The third kappa shape index (κ3) is 5.97. The fourth-order valence-electron chi connectivity index (χ4n) is 2.28. The molecule has 0 fully saturated rings. The van der Waals surface area contributed by atoms with Gasteiger partial charge in [-0.25, -0.2) is 8.42 Å². The van der Waals surface area contributed by atoms with Crippen LogP contribution in [0.5, 0.6) is 11.5 Å². The van der Waals surface area contributed by atoms with Crippen LogP contribution in [0, 0.1) is 6.92 Å². The second-order valence-electron chi connectivity index (χ2n) is 5.95. The number of aryl methyl sites for hydroxylation is 1. The van der Waals surface area contributed by atoms with E-state index in [0.29, 0.717) is 11.5 Å². The van der Waals surface area contributed by atoms with Gasteiger partial charge in [0.05, 0.1) is 25.1 Å². The van der Waals surface area contributed by atoms with Crippen molar-refractivity contribution in [1.29, 1.82) is 0 Å². The largest absolute Gasteiger partial charge is 0.497 e. The predicted molar refractivity (Wildman–Crippen MR) is 102 cm³/mol. The molecule has 8 heteroatoms. The van der Waals surface area contributed by atoms with Crippen LogP contribution in [0.3, 0.4) is 0 Å². The summed E-state index contributed by atoms with van der Waals surface area (Å²) >= 11 is 0. The summed E-state index contributed by atoms with van der Waals surface area (Å²) in [5.74, 6) is 0.907. The molecule has 0 spiro atoms. The van der Waals surface area contributed by atoms with Crippen LogP contribution in [0.4, 0.5) is 0 Å². The Morgan fingerprint density at radius 1 is 1.11 bits per heavy atom. The molecular formula is C19H24N2O5S. The van der Waals surface area contributed by atoms with Crippen LogP contribution in [-0.2, 0) is 14.8 Å². The molecule has 0 unspecified atom stereocenters. The van der Waals surface area contributed by atoms with E-state index >= 15 is 0 Å². The summed E-state index contributed by atoms with van der Waals surface area (Å²) in [7, 11) is -0.758. The number of ether oxygens (including phenoxy) is 2. The fourth-order valence-corrected chi connectivity index (χ4v) is 3.41. The first kappa shape index (κ1) is 20.7. The maximum atomic E-state index is 12.5. The zero-order valence-electron chi connectivity index (χ0n) is 15.6. The molecule has 0 aliphatic heterocycles. The van der Waals surface area contributed by atoms with Crippen molar-refractivity contribution in [3.05, 3.63) is 54.1 Å². The minimum absolute atomic E-state index is 0.157. The molecule has 0 saturated heterocycles. The van der Waals surface area contributed by atoms with E-state index in [9.17, 15) is 13.2 Å². The Balaban J connectivity index is 1.80. The van der Waals surface area contributed by atoms with Crippen molar-refractivity contribution in [2.75, 3.05) is 33.9 Å². The number of nitrogens with one attached hydrogen (secondary N) is 1. The summed E-state index contributed by atoms with van der Waals surface area (Å²) in [6.07, 6.45) is 0. The summed E-state index contributed by atoms with van der Waals surface area (Å²) < 4.78 is 36.6. The minimum Gasteiger partial charge on any atom is -0.497 e. The van der Waals surface area contributed by atoms with Crippen molar-refractivity contribution in [3.8, 4) is 11.5 Å². The van der Waals surface area contributed by atoms with E-state index in [1.165, 1.54) is 19.2 Å². The molecule has 0 aliphatic carbocycles. The molecule has 0 radical (unpaired) electrons. The van der Waals surface area contributed by atoms with Gasteiger partial charge in [0.15, 0.2) is 0 Å². The molecule has 0 aromatic heterocycles. The molecule has 2 aromatic rings. The summed E-state index contributed by atoms with van der Waals surface area (Å²) in [6, 6.07) is 13.6. The number of methoxy groups -OCH3 is 1. The zero-order valence-corrected chi connectivity index (χ0v) is 16.5. The number of carbonyl (C=O) groups excluding carboxylic acids is 1. The lowest BCUT2D eigenvalue weighted by atomic mass is 10.2. The van der Waals surface area contributed by atoms with Crippen molar-refractivity contribution in [3.63, 3.8) is 0 Å². The van der Waals surface area contributed by atoms with Crippen molar-refractivity contribution >= 4 is 15.9 Å². The summed E-state index contributed by atoms with van der Waals surface area (Å²) in [5, 5.41) is 2.64. The molecule has 2 rings (SSSR count). The summed E-state index contributed by atoms with van der Waals surface area (Å²) in [4.78, 5) is 12.2. The lowest BCUT2D eigenvalue weighted by Gasteiger charge is -2.17. The number of hydrogen-bond donors (Lipinski definition) is 1. The van der Waals surface area contributed by atoms with E-state index in [4.69, 9.17) is 9.47 Å². The zero-order chi connectivity index (χ0) is 19.9. The van der Waals surface area contributed by atoms with Crippen molar-refractivity contribution < 1.29 is 22.7 Å². The van der Waals surface area contributed by atoms with Gasteiger partial charge >= 0.3 is 0 Å². The number of amides is 1. The number of sulfonamides is 1. The molecule has 146 valence electrons. The Bertz CT molecular complexity index is 866. The fraction of sp³-hybridized carbons (Fsp3) is 0.316. The number of hydrogen-bond acceptors (Lipinski definition) is 5. The van der Waals surface area contributed by atoms with Crippen LogP contribution in [0.1, 0.15) is 5.56 Å². The lowest BCUT2D eigenvalue weighted by molar-refractivity contribution is -0.121. The van der Waals surface area contributed by atoms with Crippen LogP contribution in [-0.4, -0.2) is 52.5 Å². The van der Waals surface area contributed by atoms with Gasteiger partial charge < -0.3 is 14.8 Å². The Hall–Kier alpha value is -2.58. The number of likely N-dealkylation sites (N-methyl/N-ethyl adjacent to an activating group) is 1. The molecule has 7 nitrogen and oxygen atoms in total. The molecule has 2 aromatic carbocycles. The average Bonchev–Trinajstić information content (AvgIpc) is 2.65. The summed E-state index contributed by atoms with van der Waals surface area (Å²) in [5.41, 5.74) is 0.963. The predicted octanol–water partition coefficient (Wildman–Crippen LogP) is 1.82. The highest BCUT2D eigenvalue weighted by Crippen LogP contribution is 2.18. The van der Waals surface area contributed by atoms with Gasteiger partial charge in [-0.2, -0.15) is 4.31 Å². The van der Waals surface area contributed by atoms with Crippen LogP contribution in [0.2, 0.25) is 0 Å². The highest BCUT2D eigenvalue weighted by Gasteiger charge is 2.22. The highest BCUT2D eigenvalue weighted by atomic mass is 32.2. The van der Waals surface area contributed by atoms with Crippen molar-refractivity contribution in [2.24, 2.45) is 0 Å². The lowest BCUT2D eigenvalue weighted by Crippen LogP contribution is -2.39. The number of nitrogens with zero attached hydrogens (tertiary/aromatic N) is 1. The molecule has 0 saturated carbocycles. The van der Waals surface area contributed by atoms with Crippen molar-refractivity contribution in [1.82, 2.24) is 9.62 Å². The smallest absolute Gasteiger partial charge is 0.243 e. The van der Waals surface area contributed by atoms with E-state index in [0.717, 1.165) is 9.87 Å². The first-order valence-corrected chi connectivity index (χ1v) is 9.83. The summed E-state index contributed by atoms with van der Waals surface area (Å²) in [6.45, 7) is 2.12. The van der Waals surface area contributed by atoms with Crippen molar-refractivity contribution in [2.45, 2.75) is 11.8 Å². The SMILES string of the molecule is COc1cccc(OCCNC(=O)CN(C)S(=O)(=O)c2ccc(C)cc2)c1. The minimum atomic E-state index is -3.70. The average molecular weight is 392 g/mol. The number of rotatable bonds is 9. The molecule has 0 heterocycles. The Morgan fingerprint density at radius 2 is 1.78 bits per heavy atom. The van der Waals surface area contributed by atoms with Gasteiger partial charge in [-0.3, -0.25) is 4.79 Å². The molecule has 1 N–H and O–H groups in total. The van der Waals surface area contributed by atoms with Gasteiger partial charge in [-0.1, -0.05) is 23.8 Å². The Kier molecular flexibility index (Phi) is 7.20. The molecule has 0 aliphatic rings. The van der Waals surface area contributed by atoms with E-state index in [2.05, 4.69) is 5.32 Å². The monoisotopic (exact) mass is 392 g/mol. The number of carbonyl (C=O) groups is 1. The van der Waals surface area contributed by atoms with Gasteiger partial charge in [0.25, 0.3) is 0 Å². The van der Waals surface area contributed by atoms with E-state index < -0.39 is 15.9 Å². The molecule has 27 heavy (non-hydrogen) atoms.